The molecule has 6 nitrogen and oxygen atoms in total. The SMILES string of the molecule is Cc1c(C(=O)CN2[C@H]3C[C@H]4C[C@@H]2C[C@@H](C3)O4)cc(C#CCCC#N)n1-c1ccc(C#N)cc1. The predicted octanol–water partition coefficient (Wildman–Crippen LogP) is 3.89. The van der Waals surface area contributed by atoms with Crippen molar-refractivity contribution in [3.8, 4) is 29.7 Å². The summed E-state index contributed by atoms with van der Waals surface area (Å²) in [6.07, 6.45) is 5.71. The molecule has 6 rings (SSSR count). The van der Waals surface area contributed by atoms with Crippen LogP contribution in [0.1, 0.15) is 65.8 Å². The van der Waals surface area contributed by atoms with Gasteiger partial charge in [-0.3, -0.25) is 9.69 Å². The van der Waals surface area contributed by atoms with Crippen LogP contribution in [0.3, 0.4) is 0 Å². The highest BCUT2D eigenvalue weighted by atomic mass is 16.5. The number of aromatic nitrogens is 1. The Bertz CT molecular complexity index is 1190. The second-order valence-corrected chi connectivity index (χ2v) is 9.21. The summed E-state index contributed by atoms with van der Waals surface area (Å²) >= 11 is 0. The van der Waals surface area contributed by atoms with E-state index >= 15 is 0 Å². The van der Waals surface area contributed by atoms with E-state index in [2.05, 4.69) is 28.9 Å². The van der Waals surface area contributed by atoms with Crippen molar-refractivity contribution in [3.63, 3.8) is 0 Å². The lowest BCUT2D eigenvalue weighted by molar-refractivity contribution is -0.179. The minimum atomic E-state index is 0.119. The summed E-state index contributed by atoms with van der Waals surface area (Å²) in [5.41, 5.74) is 3.71. The van der Waals surface area contributed by atoms with Crippen LogP contribution in [0.25, 0.3) is 5.69 Å². The lowest BCUT2D eigenvalue weighted by Crippen LogP contribution is -2.63. The van der Waals surface area contributed by atoms with Gasteiger partial charge in [-0.25, -0.2) is 0 Å². The molecule has 0 atom stereocenters. The Kier molecular flexibility index (Phi) is 5.77. The fourth-order valence-corrected chi connectivity index (χ4v) is 5.71. The van der Waals surface area contributed by atoms with E-state index in [1.807, 2.05) is 29.7 Å². The fraction of sp³-hybridized carbons (Fsp3) is 0.444. The van der Waals surface area contributed by atoms with Gasteiger partial charge < -0.3 is 9.30 Å². The summed E-state index contributed by atoms with van der Waals surface area (Å²) in [5, 5.41) is 17.9. The van der Waals surface area contributed by atoms with Gasteiger partial charge in [0.15, 0.2) is 5.78 Å². The topological polar surface area (TPSA) is 82.0 Å². The molecule has 0 unspecified atom stereocenters. The standard InChI is InChI=1S/C27H26N4O2/c1-18-26(27(32)17-30-22-11-24-13-23(30)14-25(12-22)33-24)15-21(5-3-2-4-10-28)31(18)20-8-6-19(16-29)7-9-20/h6-9,15,22-25H,2,4,11-14,17H2,1H3/t22-,23+,24-,25+. The quantitative estimate of drug-likeness (QED) is 0.402. The maximum Gasteiger partial charge on any atom is 0.178 e. The normalized spacial score (nSPS) is 25.2. The van der Waals surface area contributed by atoms with Gasteiger partial charge in [0.2, 0.25) is 0 Å². The summed E-state index contributed by atoms with van der Waals surface area (Å²) < 4.78 is 8.03. The third-order valence-corrected chi connectivity index (χ3v) is 7.17. The van der Waals surface area contributed by atoms with Crippen LogP contribution >= 0.6 is 0 Å². The first-order valence-electron chi connectivity index (χ1n) is 11.6. The highest BCUT2D eigenvalue weighted by Crippen LogP contribution is 2.42. The van der Waals surface area contributed by atoms with Crippen LogP contribution in [-0.2, 0) is 4.74 Å². The van der Waals surface area contributed by atoms with Crippen LogP contribution in [0, 0.1) is 41.4 Å². The van der Waals surface area contributed by atoms with E-state index in [4.69, 9.17) is 15.3 Å². The van der Waals surface area contributed by atoms with Gasteiger partial charge in [0.05, 0.1) is 42.1 Å². The van der Waals surface area contributed by atoms with Gasteiger partial charge >= 0.3 is 0 Å². The summed E-state index contributed by atoms with van der Waals surface area (Å²) in [6.45, 7) is 2.38. The molecule has 1 aromatic heterocycles. The van der Waals surface area contributed by atoms with Crippen molar-refractivity contribution in [3.05, 3.63) is 52.8 Å². The largest absolute Gasteiger partial charge is 0.375 e. The number of ketones is 1. The van der Waals surface area contributed by atoms with Crippen LogP contribution in [-0.4, -0.2) is 46.1 Å². The molecule has 0 saturated carbocycles. The Hall–Kier alpha value is -3.37. The average molecular weight is 439 g/mol. The lowest BCUT2D eigenvalue weighted by Gasteiger charge is -2.56. The first-order chi connectivity index (χ1) is 16.1. The van der Waals surface area contributed by atoms with Crippen molar-refractivity contribution in [2.45, 2.75) is 69.7 Å². The van der Waals surface area contributed by atoms with Crippen molar-refractivity contribution >= 4 is 5.78 Å². The predicted molar refractivity (Wildman–Crippen MR) is 123 cm³/mol. The molecule has 166 valence electrons. The number of nitrogens with zero attached hydrogens (tertiary/aromatic N) is 4. The molecule has 1 aromatic carbocycles. The van der Waals surface area contributed by atoms with E-state index in [1.54, 1.807) is 12.1 Å². The third-order valence-electron chi connectivity index (χ3n) is 7.17. The van der Waals surface area contributed by atoms with E-state index in [1.165, 1.54) is 0 Å². The Morgan fingerprint density at radius 3 is 2.33 bits per heavy atom. The number of hydrogen-bond donors (Lipinski definition) is 0. The van der Waals surface area contributed by atoms with Crippen molar-refractivity contribution in [1.82, 2.24) is 9.47 Å². The van der Waals surface area contributed by atoms with Crippen molar-refractivity contribution in [2.24, 2.45) is 0 Å². The third kappa shape index (κ3) is 4.07. The number of carbonyl (C=O) groups is 1. The molecular weight excluding hydrogens is 412 g/mol. The van der Waals surface area contributed by atoms with Crippen LogP contribution in [0.5, 0.6) is 0 Å². The zero-order valence-electron chi connectivity index (χ0n) is 18.8. The highest BCUT2D eigenvalue weighted by Gasteiger charge is 2.48. The molecule has 4 fully saturated rings. The van der Waals surface area contributed by atoms with Gasteiger partial charge in [-0.1, -0.05) is 5.92 Å². The molecule has 0 spiro atoms. The Balaban J connectivity index is 1.45. The van der Waals surface area contributed by atoms with Crippen molar-refractivity contribution < 1.29 is 9.53 Å². The van der Waals surface area contributed by atoms with Gasteiger partial charge in [0.25, 0.3) is 0 Å². The molecule has 4 aliphatic heterocycles. The minimum Gasteiger partial charge on any atom is -0.375 e. The fourth-order valence-electron chi connectivity index (χ4n) is 5.71. The molecule has 5 heterocycles. The van der Waals surface area contributed by atoms with E-state index < -0.39 is 0 Å². The molecule has 0 amide bonds. The summed E-state index contributed by atoms with van der Waals surface area (Å²) in [6, 6.07) is 14.3. The second kappa shape index (κ2) is 8.87. The van der Waals surface area contributed by atoms with Gasteiger partial charge in [0, 0.05) is 41.9 Å². The molecule has 2 aromatic rings. The summed E-state index contributed by atoms with van der Waals surface area (Å²) in [4.78, 5) is 15.9. The number of carbonyl (C=O) groups excluding carboxylic acids is 1. The summed E-state index contributed by atoms with van der Waals surface area (Å²) in [5.74, 6) is 6.34. The second-order valence-electron chi connectivity index (χ2n) is 9.21. The number of hydrogen-bond acceptors (Lipinski definition) is 5. The molecule has 4 bridgehead atoms. The average Bonchev–Trinajstić information content (AvgIpc) is 3.14. The van der Waals surface area contributed by atoms with Crippen LogP contribution in [0.2, 0.25) is 0 Å². The number of ether oxygens (including phenoxy) is 1. The first-order valence-corrected chi connectivity index (χ1v) is 11.6. The van der Waals surface area contributed by atoms with Gasteiger partial charge in [-0.15, -0.1) is 0 Å². The minimum absolute atomic E-state index is 0.119. The molecule has 4 saturated heterocycles. The number of benzene rings is 1. The Morgan fingerprint density at radius 1 is 1.06 bits per heavy atom. The van der Waals surface area contributed by atoms with Crippen LogP contribution in [0.4, 0.5) is 0 Å². The Morgan fingerprint density at radius 2 is 1.73 bits per heavy atom. The number of piperidine rings is 2. The zero-order chi connectivity index (χ0) is 22.9. The molecule has 4 aliphatic rings. The van der Waals surface area contributed by atoms with E-state index in [9.17, 15) is 4.79 Å². The Labute approximate surface area is 194 Å². The number of nitriles is 2. The first kappa shape index (κ1) is 21.5. The summed E-state index contributed by atoms with van der Waals surface area (Å²) in [7, 11) is 0. The van der Waals surface area contributed by atoms with Crippen LogP contribution in [0.15, 0.2) is 30.3 Å². The molecule has 0 aliphatic carbocycles. The van der Waals surface area contributed by atoms with Gasteiger partial charge in [0.1, 0.15) is 0 Å². The molecular formula is C27H26N4O2. The zero-order valence-corrected chi connectivity index (χ0v) is 18.8. The molecule has 6 heteroatoms. The smallest absolute Gasteiger partial charge is 0.178 e. The monoisotopic (exact) mass is 438 g/mol. The maximum absolute atomic E-state index is 13.5. The number of rotatable bonds is 5. The molecule has 33 heavy (non-hydrogen) atoms. The van der Waals surface area contributed by atoms with Gasteiger partial charge in [-0.2, -0.15) is 10.5 Å². The van der Waals surface area contributed by atoms with E-state index in [0.29, 0.717) is 54.8 Å². The maximum atomic E-state index is 13.5. The van der Waals surface area contributed by atoms with Gasteiger partial charge in [-0.05, 0) is 68.9 Å². The van der Waals surface area contributed by atoms with Crippen molar-refractivity contribution in [2.75, 3.05) is 6.54 Å². The lowest BCUT2D eigenvalue weighted by atomic mass is 9.78. The number of Topliss-reactive ketones (excluding diaryl/α,β-unsaturated/α-hetero) is 1. The van der Waals surface area contributed by atoms with Crippen LogP contribution < -0.4 is 0 Å². The molecule has 0 N–H and O–H groups in total. The highest BCUT2D eigenvalue weighted by molar-refractivity contribution is 5.99. The van der Waals surface area contributed by atoms with Crippen molar-refractivity contribution in [1.29, 1.82) is 10.5 Å². The van der Waals surface area contributed by atoms with E-state index in [0.717, 1.165) is 42.8 Å². The van der Waals surface area contributed by atoms with E-state index in [-0.39, 0.29) is 5.78 Å². The molecule has 0 radical (unpaired) electrons. The number of unbranched alkanes of at least 4 members (excludes halogenated alkanes) is 1.